The van der Waals surface area contributed by atoms with Crippen LogP contribution in [0.25, 0.3) is 0 Å². The number of benzene rings is 1. The zero-order valence-corrected chi connectivity index (χ0v) is 9.20. The van der Waals surface area contributed by atoms with E-state index in [4.69, 9.17) is 22.5 Å². The van der Waals surface area contributed by atoms with Gasteiger partial charge in [-0.1, -0.05) is 12.2 Å². The normalized spacial score (nSPS) is 12.1. The largest absolute Gasteiger partial charge is 0.389 e. The van der Waals surface area contributed by atoms with Crippen molar-refractivity contribution in [3.05, 3.63) is 29.6 Å². The molecule has 0 heterocycles. The highest BCUT2D eigenvalue weighted by Crippen LogP contribution is 2.16. The van der Waals surface area contributed by atoms with Gasteiger partial charge in [0, 0.05) is 11.3 Å². The molecule has 0 aliphatic heterocycles. The first kappa shape index (κ1) is 12.0. The van der Waals surface area contributed by atoms with E-state index in [0.717, 1.165) is 0 Å². The maximum absolute atomic E-state index is 12.9. The molecule has 4 N–H and O–H groups in total. The molecule has 1 aromatic carbocycles. The number of thiocarbonyl (C=S) groups is 1. The molecule has 1 unspecified atom stereocenters. The van der Waals surface area contributed by atoms with Gasteiger partial charge in [-0.05, 0) is 18.2 Å². The number of hydrogen-bond donors (Lipinski definition) is 3. The van der Waals surface area contributed by atoms with Crippen LogP contribution >= 0.6 is 12.2 Å². The van der Waals surface area contributed by atoms with Crippen molar-refractivity contribution in [3.63, 3.8) is 0 Å². The number of nitrogens with one attached hydrogen (secondary N) is 1. The van der Waals surface area contributed by atoms with Crippen molar-refractivity contribution >= 4 is 34.0 Å². The smallest absolute Gasteiger partial charge is 0.172 e. The van der Waals surface area contributed by atoms with Crippen LogP contribution in [0.4, 0.5) is 10.1 Å². The summed E-state index contributed by atoms with van der Waals surface area (Å²) in [4.78, 5) is 0.0284. The van der Waals surface area contributed by atoms with Gasteiger partial charge in [-0.25, -0.2) is 8.60 Å². The number of rotatable bonds is 4. The van der Waals surface area contributed by atoms with Gasteiger partial charge in [0.05, 0.1) is 0 Å². The lowest BCUT2D eigenvalue weighted by Gasteiger charge is -2.09. The summed E-state index contributed by atoms with van der Waals surface area (Å²) >= 11 is 2.74. The van der Waals surface area contributed by atoms with E-state index in [0.29, 0.717) is 11.3 Å². The molecule has 0 aromatic heterocycles. The van der Waals surface area contributed by atoms with Gasteiger partial charge in [-0.2, -0.15) is 0 Å². The summed E-state index contributed by atoms with van der Waals surface area (Å²) in [6.07, 6.45) is 0. The fourth-order valence-electron chi connectivity index (χ4n) is 1.01. The Kier molecular flexibility index (Phi) is 4.13. The Morgan fingerprint density at radius 1 is 1.67 bits per heavy atom. The summed E-state index contributed by atoms with van der Waals surface area (Å²) in [7, 11) is 0. The highest BCUT2D eigenvalue weighted by molar-refractivity contribution is 7.80. The minimum atomic E-state index is -1.98. The zero-order chi connectivity index (χ0) is 11.4. The van der Waals surface area contributed by atoms with Gasteiger partial charge in [0.25, 0.3) is 0 Å². The first-order valence-corrected chi connectivity index (χ1v) is 5.60. The lowest BCUT2D eigenvalue weighted by molar-refractivity contribution is 0.566. The minimum Gasteiger partial charge on any atom is -0.389 e. The standard InChI is InChI=1S/C8H9FN2O2S2/c9-5-1-2-7(11-4-15(12)13)6(3-5)8(10)14/h1-3,11H,4H2,(H2,10,14)(H,12,13). The fourth-order valence-corrected chi connectivity index (χ4v) is 1.46. The zero-order valence-electron chi connectivity index (χ0n) is 7.57. The molecule has 7 heteroatoms. The van der Waals surface area contributed by atoms with Crippen molar-refractivity contribution in [1.82, 2.24) is 0 Å². The van der Waals surface area contributed by atoms with E-state index >= 15 is 0 Å². The average molecular weight is 248 g/mol. The molecule has 0 aliphatic carbocycles. The van der Waals surface area contributed by atoms with Crippen LogP contribution < -0.4 is 11.1 Å². The van der Waals surface area contributed by atoms with Crippen LogP contribution in [0.2, 0.25) is 0 Å². The number of hydrogen-bond acceptors (Lipinski definition) is 3. The predicted octanol–water partition coefficient (Wildman–Crippen LogP) is 1.05. The van der Waals surface area contributed by atoms with Crippen LogP contribution in [0.1, 0.15) is 5.56 Å². The molecule has 0 aliphatic rings. The molecule has 4 nitrogen and oxygen atoms in total. The summed E-state index contributed by atoms with van der Waals surface area (Å²) in [5.74, 6) is -0.630. The monoisotopic (exact) mass is 248 g/mol. The molecule has 0 saturated heterocycles. The second-order valence-electron chi connectivity index (χ2n) is 2.70. The Labute approximate surface area is 94.0 Å². The van der Waals surface area contributed by atoms with Crippen LogP contribution in [0.3, 0.4) is 0 Å². The van der Waals surface area contributed by atoms with Crippen LogP contribution in [0, 0.1) is 5.82 Å². The van der Waals surface area contributed by atoms with Crippen molar-refractivity contribution in [1.29, 1.82) is 0 Å². The molecule has 0 bridgehead atoms. The fraction of sp³-hybridized carbons (Fsp3) is 0.125. The molecular formula is C8H9FN2O2S2. The molecule has 1 rings (SSSR count). The van der Waals surface area contributed by atoms with E-state index in [2.05, 4.69) is 5.32 Å². The van der Waals surface area contributed by atoms with Gasteiger partial charge in [0.15, 0.2) is 11.1 Å². The van der Waals surface area contributed by atoms with Crippen molar-refractivity contribution in [2.75, 3.05) is 11.2 Å². The highest BCUT2D eigenvalue weighted by Gasteiger charge is 2.06. The van der Waals surface area contributed by atoms with E-state index in [1.165, 1.54) is 18.2 Å². The Morgan fingerprint density at radius 2 is 2.33 bits per heavy atom. The Hall–Kier alpha value is -1.05. The second kappa shape index (κ2) is 5.15. The summed E-state index contributed by atoms with van der Waals surface area (Å²) in [6.45, 7) is 0. The Morgan fingerprint density at radius 3 is 2.87 bits per heavy atom. The quantitative estimate of drug-likeness (QED) is 0.548. The summed E-state index contributed by atoms with van der Waals surface area (Å²) < 4.78 is 31.9. The molecule has 1 aromatic rings. The maximum atomic E-state index is 12.9. The van der Waals surface area contributed by atoms with E-state index < -0.39 is 16.9 Å². The Balaban J connectivity index is 2.95. The van der Waals surface area contributed by atoms with Gasteiger partial charge in [0.1, 0.15) is 16.7 Å². The Bertz CT molecular complexity index is 412. The van der Waals surface area contributed by atoms with Crippen molar-refractivity contribution in [2.24, 2.45) is 5.73 Å². The van der Waals surface area contributed by atoms with Gasteiger partial charge >= 0.3 is 0 Å². The van der Waals surface area contributed by atoms with Crippen LogP contribution in [-0.4, -0.2) is 19.6 Å². The van der Waals surface area contributed by atoms with Crippen molar-refractivity contribution < 1.29 is 13.2 Å². The molecule has 1 atom stereocenters. The van der Waals surface area contributed by atoms with Crippen molar-refractivity contribution in [2.45, 2.75) is 0 Å². The second-order valence-corrected chi connectivity index (χ2v) is 4.07. The summed E-state index contributed by atoms with van der Waals surface area (Å²) in [5, 5.41) is 2.64. The van der Waals surface area contributed by atoms with Gasteiger partial charge in [-0.3, -0.25) is 0 Å². The van der Waals surface area contributed by atoms with Gasteiger partial charge < -0.3 is 15.6 Å². The van der Waals surface area contributed by atoms with E-state index in [9.17, 15) is 8.60 Å². The first-order valence-electron chi connectivity index (χ1n) is 3.91. The number of halogens is 1. The van der Waals surface area contributed by atoms with Crippen LogP contribution in [0.5, 0.6) is 0 Å². The lowest BCUT2D eigenvalue weighted by Crippen LogP contribution is -2.15. The summed E-state index contributed by atoms with van der Waals surface area (Å²) in [6, 6.07) is 3.80. The third kappa shape index (κ3) is 3.54. The topological polar surface area (TPSA) is 75.3 Å². The van der Waals surface area contributed by atoms with Crippen LogP contribution in [-0.2, 0) is 11.1 Å². The molecular weight excluding hydrogens is 239 g/mol. The molecule has 82 valence electrons. The average Bonchev–Trinajstić information content (AvgIpc) is 2.15. The van der Waals surface area contributed by atoms with E-state index in [1.54, 1.807) is 0 Å². The number of nitrogens with two attached hydrogens (primary N) is 1. The predicted molar refractivity (Wildman–Crippen MR) is 61.5 cm³/mol. The highest BCUT2D eigenvalue weighted by atomic mass is 32.2. The molecule has 0 spiro atoms. The molecule has 0 saturated carbocycles. The summed E-state index contributed by atoms with van der Waals surface area (Å²) in [5.41, 5.74) is 6.13. The molecule has 15 heavy (non-hydrogen) atoms. The van der Waals surface area contributed by atoms with Crippen molar-refractivity contribution in [3.8, 4) is 0 Å². The molecule has 0 radical (unpaired) electrons. The van der Waals surface area contributed by atoms with Gasteiger partial charge in [0.2, 0.25) is 0 Å². The van der Waals surface area contributed by atoms with E-state index in [-0.39, 0.29) is 10.9 Å². The van der Waals surface area contributed by atoms with Gasteiger partial charge in [-0.15, -0.1) is 0 Å². The first-order chi connectivity index (χ1) is 7.00. The van der Waals surface area contributed by atoms with E-state index in [1.807, 2.05) is 0 Å². The SMILES string of the molecule is NC(=S)c1cc(F)ccc1NCS(=O)O. The number of anilines is 1. The third-order valence-corrected chi connectivity index (χ3v) is 2.24. The third-order valence-electron chi connectivity index (χ3n) is 1.63. The lowest BCUT2D eigenvalue weighted by atomic mass is 10.2. The molecule has 0 amide bonds. The van der Waals surface area contributed by atoms with Crippen LogP contribution in [0.15, 0.2) is 18.2 Å². The minimum absolute atomic E-state index is 0.0284. The maximum Gasteiger partial charge on any atom is 0.172 e. The molecule has 0 fully saturated rings.